The zero-order valence-corrected chi connectivity index (χ0v) is 25.2. The molecule has 0 aromatic heterocycles. The summed E-state index contributed by atoms with van der Waals surface area (Å²) >= 11 is 0. The zero-order chi connectivity index (χ0) is 31.6. The Morgan fingerprint density at radius 3 is 1.23 bits per heavy atom. The second-order valence-corrected chi connectivity index (χ2v) is 10.0. The molecule has 12 heteroatoms. The zero-order valence-electron chi connectivity index (χ0n) is 25.2. The molecular formula is C32H46N8O4. The van der Waals surface area contributed by atoms with Crippen LogP contribution < -0.4 is 52.5 Å². The van der Waals surface area contributed by atoms with E-state index in [9.17, 15) is 0 Å². The molecular weight excluding hydrogens is 560 g/mol. The van der Waals surface area contributed by atoms with Crippen LogP contribution >= 0.6 is 0 Å². The summed E-state index contributed by atoms with van der Waals surface area (Å²) in [5, 5.41) is 20.2. The van der Waals surface area contributed by atoms with Crippen molar-refractivity contribution in [3.8, 4) is 45.3 Å². The number of guanidine groups is 2. The Morgan fingerprint density at radius 2 is 0.886 bits per heavy atom. The first-order valence-corrected chi connectivity index (χ1v) is 14.9. The van der Waals surface area contributed by atoms with Gasteiger partial charge in [-0.2, -0.15) is 0 Å². The first kappa shape index (κ1) is 33.8. The summed E-state index contributed by atoms with van der Waals surface area (Å²) in [4.78, 5) is 0. The molecule has 0 fully saturated rings. The molecule has 0 aliphatic carbocycles. The maximum absolute atomic E-state index is 7.29. The third-order valence-electron chi connectivity index (χ3n) is 6.33. The Hall–Kier alpha value is -4.68. The summed E-state index contributed by atoms with van der Waals surface area (Å²) in [6.07, 6.45) is 2.86. The molecule has 0 bridgehead atoms. The van der Waals surface area contributed by atoms with Crippen molar-refractivity contribution in [2.24, 2.45) is 22.9 Å². The molecule has 3 aromatic rings. The van der Waals surface area contributed by atoms with Crippen molar-refractivity contribution < 1.29 is 18.9 Å². The van der Waals surface area contributed by atoms with Crippen LogP contribution in [0, 0.1) is 10.8 Å². The number of hydrogen-bond donors (Lipinski definition) is 8. The second kappa shape index (κ2) is 18.8. The lowest BCUT2D eigenvalue weighted by atomic mass is 9.98. The van der Waals surface area contributed by atoms with Crippen LogP contribution in [0.3, 0.4) is 0 Å². The minimum Gasteiger partial charge on any atom is -0.493 e. The van der Waals surface area contributed by atoms with Crippen molar-refractivity contribution in [2.45, 2.75) is 25.7 Å². The molecule has 0 amide bonds. The van der Waals surface area contributed by atoms with Crippen molar-refractivity contribution in [3.63, 3.8) is 0 Å². The van der Waals surface area contributed by atoms with Crippen molar-refractivity contribution in [3.05, 3.63) is 60.7 Å². The molecule has 3 aromatic carbocycles. The SMILES string of the molecule is N=C(N)NCCCOc1cc(OCCCN)cc(-c2cccc(-c3cc(OCCCN)cc(OCCCNC(=N)N)c3)c2)c1. The van der Waals surface area contributed by atoms with E-state index in [2.05, 4.69) is 16.7 Å². The average molecular weight is 607 g/mol. The molecule has 12 nitrogen and oxygen atoms in total. The summed E-state index contributed by atoms with van der Waals surface area (Å²) in [5.74, 6) is 2.64. The van der Waals surface area contributed by atoms with Crippen molar-refractivity contribution in [1.82, 2.24) is 10.6 Å². The number of rotatable bonds is 20. The normalized spacial score (nSPS) is 10.6. The van der Waals surface area contributed by atoms with Gasteiger partial charge in [-0.25, -0.2) is 0 Å². The quantitative estimate of drug-likeness (QED) is 0.0535. The van der Waals surface area contributed by atoms with Gasteiger partial charge in [-0.1, -0.05) is 18.2 Å². The molecule has 0 saturated heterocycles. The molecule has 0 saturated carbocycles. The maximum Gasteiger partial charge on any atom is 0.185 e. The Balaban J connectivity index is 1.85. The van der Waals surface area contributed by atoms with Gasteiger partial charge < -0.3 is 52.5 Å². The molecule has 0 aliphatic rings. The molecule has 0 atom stereocenters. The predicted molar refractivity (Wildman–Crippen MR) is 176 cm³/mol. The third kappa shape index (κ3) is 12.3. The van der Waals surface area contributed by atoms with Crippen LogP contribution in [0.15, 0.2) is 60.7 Å². The van der Waals surface area contributed by atoms with E-state index in [0.29, 0.717) is 88.4 Å². The first-order valence-electron chi connectivity index (χ1n) is 14.9. The summed E-state index contributed by atoms with van der Waals surface area (Å²) in [7, 11) is 0. The van der Waals surface area contributed by atoms with Gasteiger partial charge in [-0.3, -0.25) is 10.8 Å². The lowest BCUT2D eigenvalue weighted by molar-refractivity contribution is 0.297. The number of nitrogens with one attached hydrogen (secondary N) is 4. The van der Waals surface area contributed by atoms with Crippen LogP contribution in [-0.4, -0.2) is 64.5 Å². The van der Waals surface area contributed by atoms with Crippen LogP contribution in [0.2, 0.25) is 0 Å². The molecule has 44 heavy (non-hydrogen) atoms. The summed E-state index contributed by atoms with van der Waals surface area (Å²) in [6, 6.07) is 19.9. The third-order valence-corrected chi connectivity index (χ3v) is 6.33. The standard InChI is InChI=1S/C32H46N8O4/c33-8-2-12-41-27-17-25(19-29(21-27)43-14-4-10-39-31(35)36)23-6-1-7-24(16-23)26-18-28(42-13-3-9-34)22-30(20-26)44-15-5-11-40-32(37)38/h1,6-7,16-22H,2-5,8-15,33-34H2,(H4,35,36,39)(H4,37,38,40). The van der Waals surface area contributed by atoms with E-state index >= 15 is 0 Å². The van der Waals surface area contributed by atoms with Crippen molar-refractivity contribution >= 4 is 11.9 Å². The summed E-state index contributed by atoms with van der Waals surface area (Å²) < 4.78 is 24.0. The van der Waals surface area contributed by atoms with Gasteiger partial charge in [0.15, 0.2) is 11.9 Å². The number of nitrogens with two attached hydrogens (primary N) is 4. The topological polar surface area (TPSA) is 213 Å². The Kier molecular flexibility index (Phi) is 14.4. The van der Waals surface area contributed by atoms with Gasteiger partial charge in [0.2, 0.25) is 0 Å². The minimum atomic E-state index is -0.0595. The van der Waals surface area contributed by atoms with E-state index in [4.69, 9.17) is 52.7 Å². The maximum atomic E-state index is 7.29. The van der Waals surface area contributed by atoms with Crippen LogP contribution in [0.5, 0.6) is 23.0 Å². The molecule has 0 aliphatic heterocycles. The van der Waals surface area contributed by atoms with E-state index in [-0.39, 0.29) is 11.9 Å². The highest BCUT2D eigenvalue weighted by Gasteiger charge is 2.10. The monoisotopic (exact) mass is 606 g/mol. The van der Waals surface area contributed by atoms with E-state index in [1.54, 1.807) is 0 Å². The van der Waals surface area contributed by atoms with E-state index in [1.165, 1.54) is 0 Å². The van der Waals surface area contributed by atoms with E-state index in [0.717, 1.165) is 35.1 Å². The van der Waals surface area contributed by atoms with Gasteiger partial charge in [0.05, 0.1) is 26.4 Å². The summed E-state index contributed by atoms with van der Waals surface area (Å²) in [6.45, 7) is 4.11. The van der Waals surface area contributed by atoms with Crippen LogP contribution in [0.4, 0.5) is 0 Å². The summed E-state index contributed by atoms with van der Waals surface area (Å²) in [5.41, 5.74) is 25.9. The van der Waals surface area contributed by atoms with Crippen molar-refractivity contribution in [2.75, 3.05) is 52.6 Å². The average Bonchev–Trinajstić information content (AvgIpc) is 3.00. The van der Waals surface area contributed by atoms with Crippen LogP contribution in [-0.2, 0) is 0 Å². The predicted octanol–water partition coefficient (Wildman–Crippen LogP) is 2.98. The van der Waals surface area contributed by atoms with Crippen LogP contribution in [0.25, 0.3) is 22.3 Å². The molecule has 0 unspecified atom stereocenters. The van der Waals surface area contributed by atoms with Crippen molar-refractivity contribution in [1.29, 1.82) is 10.8 Å². The van der Waals surface area contributed by atoms with E-state index in [1.807, 2.05) is 54.6 Å². The number of hydrogen-bond acceptors (Lipinski definition) is 8. The van der Waals surface area contributed by atoms with Gasteiger partial charge in [-0.15, -0.1) is 0 Å². The molecule has 0 spiro atoms. The Morgan fingerprint density at radius 1 is 0.523 bits per heavy atom. The van der Waals surface area contributed by atoms with Gasteiger partial charge in [0.25, 0.3) is 0 Å². The second-order valence-electron chi connectivity index (χ2n) is 10.0. The van der Waals surface area contributed by atoms with Gasteiger partial charge in [0, 0.05) is 25.2 Å². The first-order chi connectivity index (χ1) is 21.4. The largest absolute Gasteiger partial charge is 0.493 e. The minimum absolute atomic E-state index is 0.0595. The molecule has 0 radical (unpaired) electrons. The van der Waals surface area contributed by atoms with Gasteiger partial charge >= 0.3 is 0 Å². The lowest BCUT2D eigenvalue weighted by Gasteiger charge is -2.15. The molecule has 12 N–H and O–H groups in total. The lowest BCUT2D eigenvalue weighted by Crippen LogP contribution is -2.31. The Labute approximate surface area is 259 Å². The highest BCUT2D eigenvalue weighted by Crippen LogP contribution is 2.35. The van der Waals surface area contributed by atoms with Gasteiger partial charge in [-0.05, 0) is 91.4 Å². The smallest absolute Gasteiger partial charge is 0.185 e. The number of benzene rings is 3. The fourth-order valence-electron chi connectivity index (χ4n) is 4.21. The molecule has 0 heterocycles. The van der Waals surface area contributed by atoms with Gasteiger partial charge in [0.1, 0.15) is 23.0 Å². The van der Waals surface area contributed by atoms with Crippen LogP contribution in [0.1, 0.15) is 25.7 Å². The molecule has 238 valence electrons. The van der Waals surface area contributed by atoms with E-state index < -0.39 is 0 Å². The number of ether oxygens (including phenoxy) is 4. The highest BCUT2D eigenvalue weighted by molar-refractivity contribution is 5.76. The Bertz CT molecular complexity index is 1240. The fraction of sp³-hybridized carbons (Fsp3) is 0.375. The highest BCUT2D eigenvalue weighted by atomic mass is 16.5. The molecule has 3 rings (SSSR count). The fourth-order valence-corrected chi connectivity index (χ4v) is 4.21.